The Morgan fingerprint density at radius 3 is 0.900 bits per heavy atom. The predicted molar refractivity (Wildman–Crippen MR) is 131 cm³/mol. The predicted octanol–water partition coefficient (Wildman–Crippen LogP) is 4.53. The summed E-state index contributed by atoms with van der Waals surface area (Å²) in [6, 6.07) is 43.7. The molecule has 0 aliphatic rings. The van der Waals surface area contributed by atoms with Gasteiger partial charge >= 0.3 is 0 Å². The molecule has 4 aromatic rings. The van der Waals surface area contributed by atoms with Crippen molar-refractivity contribution >= 4 is 37.1 Å². The molecule has 0 aliphatic heterocycles. The smallest absolute Gasteiger partial charge is 0.0277 e. The molecule has 0 aliphatic carbocycles. The van der Waals surface area contributed by atoms with Gasteiger partial charge in [0.1, 0.15) is 0 Å². The zero-order chi connectivity index (χ0) is 19.9. The molecule has 0 atom stereocenters. The Balaban J connectivity index is 0.00000256. The Morgan fingerprint density at radius 2 is 0.700 bits per heavy atom. The van der Waals surface area contributed by atoms with Crippen LogP contribution in [0.3, 0.4) is 0 Å². The molecule has 0 radical (unpaired) electrons. The first-order valence-corrected chi connectivity index (χ1v) is 12.7. The van der Waals surface area contributed by atoms with Crippen molar-refractivity contribution in [2.75, 3.05) is 6.54 Å². The quantitative estimate of drug-likeness (QED) is 0.282. The van der Waals surface area contributed by atoms with Crippen LogP contribution in [0.5, 0.6) is 0 Å². The van der Waals surface area contributed by atoms with Crippen LogP contribution in [0.1, 0.15) is 0 Å². The standard InChI is InChI=1S/C26H25NP2.Pd/c27-21-26(28(22-13-5-1-6-14-22)23-15-7-2-8-16-23)29(24-17-9-3-10-18-24)25-19-11-4-12-20-25;/h1-20,26H,21,27H2;. The molecule has 0 saturated carbocycles. The van der Waals surface area contributed by atoms with Crippen LogP contribution in [0.15, 0.2) is 121 Å². The van der Waals surface area contributed by atoms with Gasteiger partial charge in [-0.1, -0.05) is 121 Å². The van der Waals surface area contributed by atoms with E-state index in [2.05, 4.69) is 121 Å². The van der Waals surface area contributed by atoms with Crippen LogP contribution >= 0.6 is 15.8 Å². The molecule has 0 amide bonds. The van der Waals surface area contributed by atoms with E-state index < -0.39 is 15.8 Å². The van der Waals surface area contributed by atoms with Crippen molar-refractivity contribution < 1.29 is 20.4 Å². The fourth-order valence-corrected chi connectivity index (χ4v) is 10.6. The summed E-state index contributed by atoms with van der Waals surface area (Å²) in [5, 5.41) is 5.92. The topological polar surface area (TPSA) is 26.0 Å². The Hall–Kier alpha value is -1.64. The maximum absolute atomic E-state index is 6.56. The van der Waals surface area contributed by atoms with Gasteiger partial charge in [-0.15, -0.1) is 0 Å². The van der Waals surface area contributed by atoms with Gasteiger partial charge in [-0.25, -0.2) is 0 Å². The summed E-state index contributed by atoms with van der Waals surface area (Å²) in [4.78, 5) is 0. The van der Waals surface area contributed by atoms with E-state index in [0.29, 0.717) is 11.9 Å². The van der Waals surface area contributed by atoms with E-state index in [0.717, 1.165) is 0 Å². The normalized spacial score (nSPS) is 10.9. The zero-order valence-electron chi connectivity index (χ0n) is 16.6. The van der Waals surface area contributed by atoms with Gasteiger partial charge in [-0.3, -0.25) is 0 Å². The Labute approximate surface area is 195 Å². The van der Waals surface area contributed by atoms with Crippen LogP contribution in [0.2, 0.25) is 0 Å². The second-order valence-electron chi connectivity index (χ2n) is 6.80. The number of benzene rings is 4. The van der Waals surface area contributed by atoms with Crippen molar-refractivity contribution in [1.82, 2.24) is 0 Å². The van der Waals surface area contributed by atoms with Crippen molar-refractivity contribution in [3.63, 3.8) is 0 Å². The second kappa shape index (κ2) is 11.7. The molecular weight excluding hydrogens is 495 g/mol. The van der Waals surface area contributed by atoms with Crippen molar-refractivity contribution in [1.29, 1.82) is 0 Å². The minimum absolute atomic E-state index is 0. The molecule has 30 heavy (non-hydrogen) atoms. The third-order valence-corrected chi connectivity index (χ3v) is 11.4. The Morgan fingerprint density at radius 1 is 0.467 bits per heavy atom. The first-order chi connectivity index (χ1) is 14.4. The summed E-state index contributed by atoms with van der Waals surface area (Å²) >= 11 is 0. The monoisotopic (exact) mass is 519 g/mol. The maximum atomic E-state index is 6.56. The second-order valence-corrected chi connectivity index (χ2v) is 12.0. The molecule has 0 saturated heterocycles. The number of hydrogen-bond donors (Lipinski definition) is 1. The molecule has 0 spiro atoms. The van der Waals surface area contributed by atoms with Gasteiger partial charge in [0.25, 0.3) is 0 Å². The molecule has 1 nitrogen and oxygen atoms in total. The zero-order valence-corrected chi connectivity index (χ0v) is 20.0. The number of rotatable bonds is 7. The van der Waals surface area contributed by atoms with Gasteiger partial charge in [0.2, 0.25) is 0 Å². The van der Waals surface area contributed by atoms with E-state index in [9.17, 15) is 0 Å². The summed E-state index contributed by atoms with van der Waals surface area (Å²) in [5.74, 6) is 0. The van der Waals surface area contributed by atoms with E-state index in [4.69, 9.17) is 5.73 Å². The maximum Gasteiger partial charge on any atom is 0.0277 e. The summed E-state index contributed by atoms with van der Waals surface area (Å²) in [6.45, 7) is 0.658. The summed E-state index contributed by atoms with van der Waals surface area (Å²) in [5.41, 5.74) is 6.56. The summed E-state index contributed by atoms with van der Waals surface area (Å²) in [6.07, 6.45) is 0. The number of nitrogens with two attached hydrogens (primary N) is 1. The van der Waals surface area contributed by atoms with Crippen molar-refractivity contribution in [3.8, 4) is 0 Å². The fraction of sp³-hybridized carbons (Fsp3) is 0.0769. The van der Waals surface area contributed by atoms with Crippen LogP contribution in [0.4, 0.5) is 0 Å². The van der Waals surface area contributed by atoms with Gasteiger partial charge < -0.3 is 5.73 Å². The van der Waals surface area contributed by atoms with Crippen molar-refractivity contribution in [2.24, 2.45) is 5.73 Å². The summed E-state index contributed by atoms with van der Waals surface area (Å²) in [7, 11) is -1.19. The molecule has 4 heteroatoms. The molecule has 2 N–H and O–H groups in total. The van der Waals surface area contributed by atoms with Gasteiger partial charge in [-0.2, -0.15) is 0 Å². The third kappa shape index (κ3) is 5.34. The molecule has 0 aromatic heterocycles. The van der Waals surface area contributed by atoms with Gasteiger partial charge in [0.05, 0.1) is 0 Å². The van der Waals surface area contributed by atoms with Crippen LogP contribution < -0.4 is 27.0 Å². The molecule has 0 bridgehead atoms. The van der Waals surface area contributed by atoms with Crippen molar-refractivity contribution in [3.05, 3.63) is 121 Å². The molecule has 4 aromatic carbocycles. The van der Waals surface area contributed by atoms with E-state index in [1.54, 1.807) is 0 Å². The average Bonchev–Trinajstić information content (AvgIpc) is 2.81. The molecule has 0 heterocycles. The average molecular weight is 520 g/mol. The molecule has 0 fully saturated rings. The fourth-order valence-electron chi connectivity index (χ4n) is 3.67. The molecular formula is C26H25NP2Pd. The first kappa shape index (κ1) is 23.0. The SMILES string of the molecule is NCC(P(c1ccccc1)c1ccccc1)P(c1ccccc1)c1ccccc1.[Pd]. The van der Waals surface area contributed by atoms with E-state index >= 15 is 0 Å². The minimum Gasteiger partial charge on any atom is -0.329 e. The Bertz CT molecular complexity index is 836. The summed E-state index contributed by atoms with van der Waals surface area (Å²) < 4.78 is 0. The van der Waals surface area contributed by atoms with Crippen LogP contribution in [0.25, 0.3) is 0 Å². The Kier molecular flexibility index (Phi) is 8.96. The molecule has 0 unspecified atom stereocenters. The van der Waals surface area contributed by atoms with Crippen LogP contribution in [0, 0.1) is 0 Å². The van der Waals surface area contributed by atoms with E-state index in [1.807, 2.05) is 0 Å². The van der Waals surface area contributed by atoms with Crippen LogP contribution in [-0.2, 0) is 20.4 Å². The largest absolute Gasteiger partial charge is 0.329 e. The van der Waals surface area contributed by atoms with E-state index in [1.165, 1.54) is 21.2 Å². The molecule has 154 valence electrons. The molecule has 4 rings (SSSR count). The van der Waals surface area contributed by atoms with E-state index in [-0.39, 0.29) is 20.4 Å². The number of hydrogen-bond acceptors (Lipinski definition) is 1. The van der Waals surface area contributed by atoms with Crippen LogP contribution in [-0.4, -0.2) is 11.9 Å². The minimum atomic E-state index is -0.597. The van der Waals surface area contributed by atoms with Crippen molar-refractivity contribution in [2.45, 2.75) is 5.40 Å². The van der Waals surface area contributed by atoms with Gasteiger partial charge in [0.15, 0.2) is 0 Å². The first-order valence-electron chi connectivity index (χ1n) is 9.87. The van der Waals surface area contributed by atoms with Gasteiger partial charge in [-0.05, 0) is 37.1 Å². The third-order valence-electron chi connectivity index (χ3n) is 4.94. The van der Waals surface area contributed by atoms with Gasteiger partial charge in [0, 0.05) is 32.4 Å².